The molecule has 0 amide bonds. The van der Waals surface area contributed by atoms with Crippen molar-refractivity contribution in [1.82, 2.24) is 5.32 Å². The molecule has 0 radical (unpaired) electrons. The van der Waals surface area contributed by atoms with Gasteiger partial charge < -0.3 is 15.2 Å². The lowest BCUT2D eigenvalue weighted by molar-refractivity contribution is -0.138. The molecule has 0 aromatic heterocycles. The second-order valence-electron chi connectivity index (χ2n) is 3.33. The van der Waals surface area contributed by atoms with Gasteiger partial charge in [-0.05, 0) is 25.2 Å². The molecule has 16 heavy (non-hydrogen) atoms. The Bertz CT molecular complexity index is 381. The minimum absolute atomic E-state index is 0.325. The number of methoxy groups -OCH3 is 1. The zero-order valence-electron chi connectivity index (χ0n) is 9.16. The average molecular weight is 244 g/mol. The zero-order valence-corrected chi connectivity index (χ0v) is 9.91. The number of halogens is 1. The Labute approximate surface area is 99.2 Å². The first-order chi connectivity index (χ1) is 7.60. The number of aliphatic carboxylic acids is 1. The summed E-state index contributed by atoms with van der Waals surface area (Å²) in [6, 6.07) is 4.96. The van der Waals surface area contributed by atoms with Crippen molar-refractivity contribution in [3.05, 3.63) is 28.8 Å². The molecule has 88 valence electrons. The fourth-order valence-electron chi connectivity index (χ4n) is 1.51. The van der Waals surface area contributed by atoms with Crippen molar-refractivity contribution in [2.75, 3.05) is 20.7 Å². The van der Waals surface area contributed by atoms with Gasteiger partial charge in [-0.15, -0.1) is 0 Å². The molecule has 0 fully saturated rings. The Morgan fingerprint density at radius 3 is 2.81 bits per heavy atom. The Morgan fingerprint density at radius 1 is 1.62 bits per heavy atom. The van der Waals surface area contributed by atoms with Crippen molar-refractivity contribution >= 4 is 17.6 Å². The highest BCUT2D eigenvalue weighted by Gasteiger charge is 2.22. The summed E-state index contributed by atoms with van der Waals surface area (Å²) in [5, 5.41) is 12.5. The second-order valence-corrected chi connectivity index (χ2v) is 3.77. The molecule has 1 aromatic rings. The summed E-state index contributed by atoms with van der Waals surface area (Å²) in [5.74, 6) is -1.04. The van der Waals surface area contributed by atoms with Crippen molar-refractivity contribution in [3.63, 3.8) is 0 Å². The van der Waals surface area contributed by atoms with Crippen molar-refractivity contribution in [2.45, 2.75) is 5.92 Å². The highest BCUT2D eigenvalue weighted by molar-refractivity contribution is 6.30. The molecule has 0 spiro atoms. The molecule has 0 heterocycles. The third kappa shape index (κ3) is 2.87. The molecular formula is C11H14ClNO3. The van der Waals surface area contributed by atoms with Gasteiger partial charge >= 0.3 is 5.97 Å². The first-order valence-corrected chi connectivity index (χ1v) is 5.18. The molecule has 1 aromatic carbocycles. The van der Waals surface area contributed by atoms with E-state index >= 15 is 0 Å². The number of nitrogens with one attached hydrogen (secondary N) is 1. The third-order valence-corrected chi connectivity index (χ3v) is 2.51. The van der Waals surface area contributed by atoms with E-state index < -0.39 is 11.9 Å². The van der Waals surface area contributed by atoms with E-state index in [2.05, 4.69) is 5.32 Å². The number of rotatable bonds is 5. The monoisotopic (exact) mass is 243 g/mol. The largest absolute Gasteiger partial charge is 0.496 e. The lowest BCUT2D eigenvalue weighted by atomic mass is 9.98. The van der Waals surface area contributed by atoms with E-state index in [0.717, 1.165) is 0 Å². The number of likely N-dealkylation sites (N-methyl/N-ethyl adjacent to an activating group) is 1. The first kappa shape index (κ1) is 12.8. The van der Waals surface area contributed by atoms with Gasteiger partial charge in [0.05, 0.1) is 13.0 Å². The highest BCUT2D eigenvalue weighted by atomic mass is 35.5. The lowest BCUT2D eigenvalue weighted by Crippen LogP contribution is -2.24. The summed E-state index contributed by atoms with van der Waals surface area (Å²) < 4.78 is 5.13. The predicted octanol–water partition coefficient (Wildman–Crippen LogP) is 1.74. The fourth-order valence-corrected chi connectivity index (χ4v) is 1.69. The fraction of sp³-hybridized carbons (Fsp3) is 0.364. The van der Waals surface area contributed by atoms with Crippen LogP contribution in [0.15, 0.2) is 18.2 Å². The van der Waals surface area contributed by atoms with Crippen LogP contribution in [0, 0.1) is 0 Å². The van der Waals surface area contributed by atoms with Crippen LogP contribution in [-0.2, 0) is 4.79 Å². The van der Waals surface area contributed by atoms with Crippen molar-refractivity contribution in [3.8, 4) is 5.75 Å². The molecule has 0 saturated heterocycles. The van der Waals surface area contributed by atoms with E-state index in [9.17, 15) is 4.79 Å². The van der Waals surface area contributed by atoms with Crippen molar-refractivity contribution in [2.24, 2.45) is 0 Å². The predicted molar refractivity (Wildman–Crippen MR) is 62.3 cm³/mol. The number of ether oxygens (including phenoxy) is 1. The van der Waals surface area contributed by atoms with Crippen LogP contribution in [0.5, 0.6) is 5.75 Å². The molecular weight excluding hydrogens is 230 g/mol. The second kappa shape index (κ2) is 5.72. The van der Waals surface area contributed by atoms with Gasteiger partial charge in [-0.3, -0.25) is 4.79 Å². The molecule has 5 heteroatoms. The van der Waals surface area contributed by atoms with Crippen LogP contribution in [0.25, 0.3) is 0 Å². The summed E-state index contributed by atoms with van der Waals surface area (Å²) in [5.41, 5.74) is 0.580. The third-order valence-electron chi connectivity index (χ3n) is 2.27. The molecule has 0 bridgehead atoms. The Kier molecular flexibility index (Phi) is 4.58. The molecule has 4 nitrogen and oxygen atoms in total. The van der Waals surface area contributed by atoms with Crippen LogP contribution in [0.3, 0.4) is 0 Å². The maximum absolute atomic E-state index is 11.1. The number of carbonyl (C=O) groups is 1. The first-order valence-electron chi connectivity index (χ1n) is 4.81. The summed E-state index contributed by atoms with van der Waals surface area (Å²) in [4.78, 5) is 11.1. The summed E-state index contributed by atoms with van der Waals surface area (Å²) >= 11 is 5.85. The molecule has 0 aliphatic carbocycles. The number of hydrogen-bond donors (Lipinski definition) is 2. The van der Waals surface area contributed by atoms with E-state index in [1.165, 1.54) is 7.11 Å². The lowest BCUT2D eigenvalue weighted by Gasteiger charge is -2.16. The topological polar surface area (TPSA) is 58.6 Å². The van der Waals surface area contributed by atoms with Crippen LogP contribution >= 0.6 is 11.6 Å². The molecule has 1 unspecified atom stereocenters. The van der Waals surface area contributed by atoms with Gasteiger partial charge in [-0.25, -0.2) is 0 Å². The average Bonchev–Trinajstić information content (AvgIpc) is 2.25. The smallest absolute Gasteiger partial charge is 0.312 e. The van der Waals surface area contributed by atoms with Crippen LogP contribution in [0.4, 0.5) is 0 Å². The Balaban J connectivity index is 3.15. The Morgan fingerprint density at radius 2 is 2.31 bits per heavy atom. The van der Waals surface area contributed by atoms with Crippen LogP contribution in [-0.4, -0.2) is 31.8 Å². The molecule has 0 aliphatic heterocycles. The molecule has 0 saturated carbocycles. The van der Waals surface area contributed by atoms with Crippen LogP contribution < -0.4 is 10.1 Å². The summed E-state index contributed by atoms with van der Waals surface area (Å²) in [7, 11) is 3.21. The Hall–Kier alpha value is -1.26. The number of benzene rings is 1. The maximum atomic E-state index is 11.1. The quantitative estimate of drug-likeness (QED) is 0.827. The number of hydrogen-bond acceptors (Lipinski definition) is 3. The van der Waals surface area contributed by atoms with Crippen molar-refractivity contribution in [1.29, 1.82) is 0 Å². The number of carboxylic acid groups (broad SMARTS) is 1. The van der Waals surface area contributed by atoms with E-state index in [1.54, 1.807) is 25.2 Å². The van der Waals surface area contributed by atoms with Gasteiger partial charge in [0.2, 0.25) is 0 Å². The SMILES string of the molecule is CNCC(C(=O)O)c1cc(Cl)ccc1OC. The van der Waals surface area contributed by atoms with Crippen molar-refractivity contribution < 1.29 is 14.6 Å². The van der Waals surface area contributed by atoms with Gasteiger partial charge in [-0.2, -0.15) is 0 Å². The summed E-state index contributed by atoms with van der Waals surface area (Å²) in [6.45, 7) is 0.325. The van der Waals surface area contributed by atoms with E-state index in [-0.39, 0.29) is 0 Å². The van der Waals surface area contributed by atoms with Crippen LogP contribution in [0.1, 0.15) is 11.5 Å². The zero-order chi connectivity index (χ0) is 12.1. The van der Waals surface area contributed by atoms with Gasteiger partial charge in [0.15, 0.2) is 0 Å². The van der Waals surface area contributed by atoms with Gasteiger partial charge in [0, 0.05) is 17.1 Å². The van der Waals surface area contributed by atoms with Crippen LogP contribution in [0.2, 0.25) is 5.02 Å². The minimum Gasteiger partial charge on any atom is -0.496 e. The van der Waals surface area contributed by atoms with Gasteiger partial charge in [-0.1, -0.05) is 11.6 Å². The normalized spacial score (nSPS) is 12.2. The molecule has 1 atom stereocenters. The minimum atomic E-state index is -0.907. The van der Waals surface area contributed by atoms with Gasteiger partial charge in [0.1, 0.15) is 5.75 Å². The highest BCUT2D eigenvalue weighted by Crippen LogP contribution is 2.29. The summed E-state index contributed by atoms with van der Waals surface area (Å²) in [6.07, 6.45) is 0. The van der Waals surface area contributed by atoms with E-state index in [1.807, 2.05) is 0 Å². The van der Waals surface area contributed by atoms with E-state index in [0.29, 0.717) is 22.9 Å². The molecule has 1 rings (SSSR count). The number of carboxylic acids is 1. The maximum Gasteiger partial charge on any atom is 0.312 e. The molecule has 2 N–H and O–H groups in total. The standard InChI is InChI=1S/C11H14ClNO3/c1-13-6-9(11(14)15)8-5-7(12)3-4-10(8)16-2/h3-5,9,13H,6H2,1-2H3,(H,14,15). The van der Waals surface area contributed by atoms with Gasteiger partial charge in [0.25, 0.3) is 0 Å². The van der Waals surface area contributed by atoms with E-state index in [4.69, 9.17) is 21.4 Å². The molecule has 0 aliphatic rings.